The van der Waals surface area contributed by atoms with Crippen LogP contribution in [0.3, 0.4) is 0 Å². The second kappa shape index (κ2) is 9.22. The van der Waals surface area contributed by atoms with E-state index in [2.05, 4.69) is 15.4 Å². The van der Waals surface area contributed by atoms with Gasteiger partial charge < -0.3 is 18.9 Å². The molecule has 1 aliphatic rings. The van der Waals surface area contributed by atoms with Crippen molar-refractivity contribution in [2.75, 3.05) is 33.4 Å². The first-order valence-corrected chi connectivity index (χ1v) is 10.8. The predicted octanol–water partition coefficient (Wildman–Crippen LogP) is 4.23. The van der Waals surface area contributed by atoms with Gasteiger partial charge in [0.05, 0.1) is 18.7 Å². The number of hydrogen-bond acceptors (Lipinski definition) is 6. The zero-order valence-corrected chi connectivity index (χ0v) is 18.4. The van der Waals surface area contributed by atoms with Crippen LogP contribution in [0.5, 0.6) is 5.75 Å². The van der Waals surface area contributed by atoms with E-state index in [-0.39, 0.29) is 24.8 Å². The van der Waals surface area contributed by atoms with Crippen molar-refractivity contribution in [2.24, 2.45) is 0 Å². The van der Waals surface area contributed by atoms with Gasteiger partial charge >= 0.3 is 0 Å². The molecule has 1 atom stereocenters. The summed E-state index contributed by atoms with van der Waals surface area (Å²) in [4.78, 5) is 14.0. The fourth-order valence-corrected chi connectivity index (χ4v) is 3.94. The van der Waals surface area contributed by atoms with Crippen molar-refractivity contribution in [1.29, 1.82) is 0 Å². The number of nitrogens with zero attached hydrogens (tertiary/aromatic N) is 3. The molecule has 0 spiro atoms. The fourth-order valence-electron chi connectivity index (χ4n) is 3.94. The molecule has 0 aliphatic carbocycles. The van der Waals surface area contributed by atoms with Crippen molar-refractivity contribution < 1.29 is 27.6 Å². The topological polar surface area (TPSA) is 93.5 Å². The minimum absolute atomic E-state index is 0.101. The lowest BCUT2D eigenvalue weighted by Gasteiger charge is -2.15. The van der Waals surface area contributed by atoms with Gasteiger partial charge in [0, 0.05) is 42.3 Å². The second-order valence-corrected chi connectivity index (χ2v) is 8.03. The first-order valence-electron chi connectivity index (χ1n) is 10.8. The molecular formula is C24H22F2N4O4. The van der Waals surface area contributed by atoms with E-state index in [1.807, 2.05) is 0 Å². The molecule has 34 heavy (non-hydrogen) atoms. The highest BCUT2D eigenvalue weighted by molar-refractivity contribution is 5.95. The average molecular weight is 468 g/mol. The number of halogens is 2. The maximum atomic E-state index is 14.5. The molecule has 0 saturated carbocycles. The van der Waals surface area contributed by atoms with Crippen molar-refractivity contribution in [1.82, 2.24) is 20.3 Å². The van der Waals surface area contributed by atoms with Crippen LogP contribution in [0.2, 0.25) is 0 Å². The number of benzene rings is 2. The quantitative estimate of drug-likeness (QED) is 0.408. The molecule has 1 amide bonds. The summed E-state index contributed by atoms with van der Waals surface area (Å²) in [7, 11) is 1.54. The summed E-state index contributed by atoms with van der Waals surface area (Å²) >= 11 is 0. The molecule has 0 bridgehead atoms. The highest BCUT2D eigenvalue weighted by Gasteiger charge is 2.26. The Labute approximate surface area is 193 Å². The van der Waals surface area contributed by atoms with Crippen LogP contribution in [0, 0.1) is 5.82 Å². The minimum Gasteiger partial charge on any atom is -0.488 e. The first-order chi connectivity index (χ1) is 16.5. The number of methoxy groups -OCH3 is 1. The Kier molecular flexibility index (Phi) is 5.97. The van der Waals surface area contributed by atoms with E-state index in [0.29, 0.717) is 53.2 Å². The monoisotopic (exact) mass is 468 g/mol. The van der Waals surface area contributed by atoms with Crippen LogP contribution in [0.15, 0.2) is 47.0 Å². The number of carbonyl (C=O) groups excluding carboxylic acids is 1. The Morgan fingerprint density at radius 2 is 2.06 bits per heavy atom. The van der Waals surface area contributed by atoms with E-state index in [0.717, 1.165) is 5.56 Å². The third kappa shape index (κ3) is 4.24. The molecule has 8 nitrogen and oxygen atoms in total. The van der Waals surface area contributed by atoms with Crippen molar-refractivity contribution in [3.63, 3.8) is 0 Å². The third-order valence-corrected chi connectivity index (χ3v) is 5.75. The van der Waals surface area contributed by atoms with Crippen LogP contribution in [0.1, 0.15) is 16.8 Å². The number of alkyl halides is 1. The summed E-state index contributed by atoms with van der Waals surface area (Å²) < 4.78 is 43.7. The summed E-state index contributed by atoms with van der Waals surface area (Å²) in [5.41, 5.74) is 2.75. The number of likely N-dealkylation sites (tertiary alicyclic amines) is 1. The van der Waals surface area contributed by atoms with Gasteiger partial charge in [0.2, 0.25) is 0 Å². The molecule has 3 heterocycles. The van der Waals surface area contributed by atoms with Crippen molar-refractivity contribution in [3.05, 3.63) is 53.8 Å². The summed E-state index contributed by atoms with van der Waals surface area (Å²) in [5.74, 6) is -0.255. The number of H-pyrrole nitrogens is 1. The summed E-state index contributed by atoms with van der Waals surface area (Å²) in [5, 5.41) is 11.7. The van der Waals surface area contributed by atoms with Crippen molar-refractivity contribution in [2.45, 2.75) is 12.6 Å². The number of amides is 1. The van der Waals surface area contributed by atoms with Crippen LogP contribution >= 0.6 is 0 Å². The maximum absolute atomic E-state index is 14.5. The van der Waals surface area contributed by atoms with Gasteiger partial charge in [-0.05, 0) is 24.6 Å². The van der Waals surface area contributed by atoms with Gasteiger partial charge in [-0.1, -0.05) is 17.3 Å². The van der Waals surface area contributed by atoms with E-state index in [1.165, 1.54) is 17.0 Å². The molecule has 1 N–H and O–H groups in total. The molecule has 176 valence electrons. The van der Waals surface area contributed by atoms with Gasteiger partial charge in [0.15, 0.2) is 17.3 Å². The lowest BCUT2D eigenvalue weighted by molar-refractivity contribution is 0.0783. The molecule has 5 rings (SSSR count). The SMILES string of the molecule is COCCOc1cc2[nH]nc(-c3cc(-c4ccc(C(=O)N5CC[C@H](F)C5)cc4)no3)c2cc1F. The van der Waals surface area contributed by atoms with E-state index in [4.69, 9.17) is 14.0 Å². The summed E-state index contributed by atoms with van der Waals surface area (Å²) in [6.07, 6.45) is -0.586. The molecular weight excluding hydrogens is 446 g/mol. The lowest BCUT2D eigenvalue weighted by Crippen LogP contribution is -2.28. The molecule has 1 fully saturated rings. The van der Waals surface area contributed by atoms with Crippen LogP contribution in [0.4, 0.5) is 8.78 Å². The standard InChI is InChI=1S/C24H22F2N4O4/c1-32-8-9-33-21-12-20-17(10-18(21)26)23(28-27-20)22-11-19(29-34-22)14-2-4-15(5-3-14)24(31)30-7-6-16(25)13-30/h2-5,10-12,16H,6-9,13H2,1H3,(H,27,28)/t16-/m0/s1. The highest BCUT2D eigenvalue weighted by Crippen LogP contribution is 2.33. The summed E-state index contributed by atoms with van der Waals surface area (Å²) in [6.45, 7) is 1.13. The number of aromatic amines is 1. The van der Waals surface area contributed by atoms with E-state index >= 15 is 0 Å². The zero-order valence-electron chi connectivity index (χ0n) is 18.4. The number of fused-ring (bicyclic) bond motifs is 1. The zero-order chi connectivity index (χ0) is 23.7. The Morgan fingerprint density at radius 3 is 2.79 bits per heavy atom. The van der Waals surface area contributed by atoms with Crippen LogP contribution in [-0.4, -0.2) is 65.7 Å². The molecule has 2 aromatic heterocycles. The fraction of sp³-hybridized carbons (Fsp3) is 0.292. The van der Waals surface area contributed by atoms with Crippen LogP contribution in [0.25, 0.3) is 33.6 Å². The number of hydrogen-bond donors (Lipinski definition) is 1. The smallest absolute Gasteiger partial charge is 0.253 e. The Hall–Kier alpha value is -3.79. The van der Waals surface area contributed by atoms with Gasteiger partial charge in [-0.3, -0.25) is 9.89 Å². The van der Waals surface area contributed by atoms with Crippen molar-refractivity contribution >= 4 is 16.8 Å². The molecule has 0 unspecified atom stereocenters. The normalized spacial score (nSPS) is 15.9. The molecule has 2 aromatic carbocycles. The average Bonchev–Trinajstić information content (AvgIpc) is 3.59. The minimum atomic E-state index is -0.960. The second-order valence-electron chi connectivity index (χ2n) is 8.03. The van der Waals surface area contributed by atoms with Crippen LogP contribution in [-0.2, 0) is 4.74 Å². The van der Waals surface area contributed by atoms with Crippen LogP contribution < -0.4 is 4.74 Å². The number of ether oxygens (including phenoxy) is 2. The highest BCUT2D eigenvalue weighted by atomic mass is 19.1. The van der Waals surface area contributed by atoms with E-state index in [1.54, 1.807) is 37.4 Å². The third-order valence-electron chi connectivity index (χ3n) is 5.75. The first kappa shape index (κ1) is 22.0. The van der Waals surface area contributed by atoms with Gasteiger partial charge in [-0.25, -0.2) is 8.78 Å². The number of carbonyl (C=O) groups is 1. The largest absolute Gasteiger partial charge is 0.488 e. The molecule has 1 saturated heterocycles. The molecule has 1 aliphatic heterocycles. The van der Waals surface area contributed by atoms with Gasteiger partial charge in [0.1, 0.15) is 24.2 Å². The number of aromatic nitrogens is 3. The Balaban J connectivity index is 1.35. The van der Waals surface area contributed by atoms with Gasteiger partial charge in [-0.15, -0.1) is 0 Å². The Bertz CT molecular complexity index is 1320. The Morgan fingerprint density at radius 1 is 1.24 bits per heavy atom. The number of rotatable bonds is 7. The van der Waals surface area contributed by atoms with E-state index < -0.39 is 12.0 Å². The lowest BCUT2D eigenvalue weighted by atomic mass is 10.1. The molecule has 10 heteroatoms. The van der Waals surface area contributed by atoms with Gasteiger partial charge in [0.25, 0.3) is 5.91 Å². The van der Waals surface area contributed by atoms with E-state index in [9.17, 15) is 13.6 Å². The van der Waals surface area contributed by atoms with Crippen molar-refractivity contribution in [3.8, 4) is 28.5 Å². The number of nitrogens with one attached hydrogen (secondary N) is 1. The predicted molar refractivity (Wildman–Crippen MR) is 120 cm³/mol. The maximum Gasteiger partial charge on any atom is 0.253 e. The molecule has 4 aromatic rings. The van der Waals surface area contributed by atoms with Gasteiger partial charge in [-0.2, -0.15) is 5.10 Å². The summed E-state index contributed by atoms with van der Waals surface area (Å²) in [6, 6.07) is 11.4. The molecule has 0 radical (unpaired) electrons.